The molecule has 2 N–H and O–H groups in total. The highest BCUT2D eigenvalue weighted by molar-refractivity contribution is 6.33. The van der Waals surface area contributed by atoms with Gasteiger partial charge in [0, 0.05) is 6.20 Å². The van der Waals surface area contributed by atoms with Gasteiger partial charge in [-0.25, -0.2) is 9.67 Å². The topological polar surface area (TPSA) is 91.5 Å². The van der Waals surface area contributed by atoms with E-state index >= 15 is 0 Å². The fourth-order valence-corrected chi connectivity index (χ4v) is 3.32. The van der Waals surface area contributed by atoms with Gasteiger partial charge in [-0.3, -0.25) is 0 Å². The number of hydrogen-bond acceptors (Lipinski definition) is 6. The van der Waals surface area contributed by atoms with E-state index in [4.69, 9.17) is 16.9 Å². The molecule has 0 saturated carbocycles. The molecule has 4 rings (SSSR count). The maximum Gasteiger partial charge on any atom is 0.160 e. The highest BCUT2D eigenvalue weighted by Crippen LogP contribution is 2.30. The molecule has 2 aromatic heterocycles. The molecule has 7 nitrogen and oxygen atoms in total. The van der Waals surface area contributed by atoms with E-state index in [1.54, 1.807) is 24.4 Å². The van der Waals surface area contributed by atoms with Crippen LogP contribution in [0.3, 0.4) is 0 Å². The van der Waals surface area contributed by atoms with Crippen LogP contribution in [0.1, 0.15) is 24.4 Å². The molecule has 25 heavy (non-hydrogen) atoms. The lowest BCUT2D eigenvalue weighted by Crippen LogP contribution is -2.29. The number of anilines is 2. The summed E-state index contributed by atoms with van der Waals surface area (Å²) in [5.74, 6) is 0.601. The largest absolute Gasteiger partial charge is 0.337 e. The zero-order valence-corrected chi connectivity index (χ0v) is 14.2. The van der Waals surface area contributed by atoms with Crippen LogP contribution in [0.4, 0.5) is 11.5 Å². The zero-order valence-electron chi connectivity index (χ0n) is 13.4. The second-order valence-electron chi connectivity index (χ2n) is 5.97. The molecular weight excluding hydrogens is 338 g/mol. The third-order valence-corrected chi connectivity index (χ3v) is 4.71. The number of piperidine rings is 1. The summed E-state index contributed by atoms with van der Waals surface area (Å²) >= 11 is 6.25. The maximum atomic E-state index is 8.94. The molecule has 8 heteroatoms. The lowest BCUT2D eigenvalue weighted by molar-refractivity contribution is 0.345. The van der Waals surface area contributed by atoms with Crippen molar-refractivity contribution in [3.63, 3.8) is 0 Å². The van der Waals surface area contributed by atoms with Crippen molar-refractivity contribution in [3.8, 4) is 6.07 Å². The van der Waals surface area contributed by atoms with E-state index in [2.05, 4.69) is 32.0 Å². The molecule has 126 valence electrons. The maximum absolute atomic E-state index is 8.94. The van der Waals surface area contributed by atoms with E-state index in [0.29, 0.717) is 33.6 Å². The predicted molar refractivity (Wildman–Crippen MR) is 95.9 cm³/mol. The minimum atomic E-state index is 0.347. The van der Waals surface area contributed by atoms with Crippen LogP contribution < -0.4 is 10.6 Å². The summed E-state index contributed by atoms with van der Waals surface area (Å²) in [5, 5.41) is 24.6. The van der Waals surface area contributed by atoms with Crippen LogP contribution >= 0.6 is 11.6 Å². The summed E-state index contributed by atoms with van der Waals surface area (Å²) in [5.41, 5.74) is 2.85. The molecule has 0 amide bonds. The first-order valence-electron chi connectivity index (χ1n) is 8.13. The van der Waals surface area contributed by atoms with Crippen molar-refractivity contribution in [1.29, 1.82) is 5.26 Å². The molecule has 1 aliphatic rings. The smallest absolute Gasteiger partial charge is 0.160 e. The molecule has 0 unspecified atom stereocenters. The van der Waals surface area contributed by atoms with Gasteiger partial charge in [-0.15, -0.1) is 5.10 Å². The molecular formula is C17H16ClN7. The van der Waals surface area contributed by atoms with Crippen molar-refractivity contribution in [2.45, 2.75) is 18.9 Å². The average molecular weight is 354 g/mol. The van der Waals surface area contributed by atoms with E-state index in [1.165, 1.54) is 0 Å². The Morgan fingerprint density at radius 2 is 2.12 bits per heavy atom. The number of hydrogen-bond donors (Lipinski definition) is 2. The van der Waals surface area contributed by atoms with Crippen LogP contribution in [0, 0.1) is 11.3 Å². The van der Waals surface area contributed by atoms with Gasteiger partial charge in [-0.2, -0.15) is 5.26 Å². The van der Waals surface area contributed by atoms with E-state index in [1.807, 2.05) is 10.7 Å². The summed E-state index contributed by atoms with van der Waals surface area (Å²) in [6.45, 7) is 1.98. The van der Waals surface area contributed by atoms with Gasteiger partial charge in [0.25, 0.3) is 0 Å². The van der Waals surface area contributed by atoms with Gasteiger partial charge >= 0.3 is 0 Å². The quantitative estimate of drug-likeness (QED) is 0.752. The minimum absolute atomic E-state index is 0.347. The number of rotatable bonds is 3. The molecule has 0 aliphatic carbocycles. The van der Waals surface area contributed by atoms with E-state index < -0.39 is 0 Å². The Labute approximate surface area is 149 Å². The number of halogens is 1. The third-order valence-electron chi connectivity index (χ3n) is 4.40. The van der Waals surface area contributed by atoms with Gasteiger partial charge < -0.3 is 10.6 Å². The van der Waals surface area contributed by atoms with Gasteiger partial charge in [-0.05, 0) is 50.2 Å². The second kappa shape index (κ2) is 6.67. The van der Waals surface area contributed by atoms with Gasteiger partial charge in [0.05, 0.1) is 33.9 Å². The van der Waals surface area contributed by atoms with Crippen LogP contribution in [-0.2, 0) is 0 Å². The number of aromatic nitrogens is 4. The Balaban J connectivity index is 1.69. The first-order valence-corrected chi connectivity index (χ1v) is 8.51. The van der Waals surface area contributed by atoms with Crippen molar-refractivity contribution < 1.29 is 0 Å². The second-order valence-corrected chi connectivity index (χ2v) is 6.38. The third kappa shape index (κ3) is 3.02. The molecule has 1 saturated heterocycles. The lowest BCUT2D eigenvalue weighted by Gasteiger charge is -2.22. The summed E-state index contributed by atoms with van der Waals surface area (Å²) in [7, 11) is 0. The van der Waals surface area contributed by atoms with E-state index in [0.717, 1.165) is 31.4 Å². The fourth-order valence-electron chi connectivity index (χ4n) is 3.09. The van der Waals surface area contributed by atoms with Crippen LogP contribution in [-0.4, -0.2) is 33.1 Å². The average Bonchev–Trinajstić information content (AvgIpc) is 3.09. The number of nitrogens with zero attached hydrogens (tertiary/aromatic N) is 5. The highest BCUT2D eigenvalue weighted by Gasteiger charge is 2.20. The number of nitriles is 1. The first-order chi connectivity index (χ1) is 12.3. The Kier molecular flexibility index (Phi) is 4.22. The Bertz CT molecular complexity index is 953. The monoisotopic (exact) mass is 353 g/mol. The molecule has 1 aliphatic heterocycles. The van der Waals surface area contributed by atoms with E-state index in [-0.39, 0.29) is 0 Å². The van der Waals surface area contributed by atoms with Gasteiger partial charge in [0.1, 0.15) is 0 Å². The van der Waals surface area contributed by atoms with Crippen LogP contribution in [0.25, 0.3) is 11.0 Å². The minimum Gasteiger partial charge on any atom is -0.337 e. The Hall–Kier alpha value is -2.69. The predicted octanol–water partition coefficient (Wildman–Crippen LogP) is 3.02. The van der Waals surface area contributed by atoms with Gasteiger partial charge in [0.2, 0.25) is 0 Å². The zero-order chi connectivity index (χ0) is 17.2. The van der Waals surface area contributed by atoms with Crippen molar-refractivity contribution in [2.75, 3.05) is 18.4 Å². The fraction of sp³-hybridized carbons (Fsp3) is 0.294. The highest BCUT2D eigenvalue weighted by atomic mass is 35.5. The molecule has 0 atom stereocenters. The summed E-state index contributed by atoms with van der Waals surface area (Å²) in [4.78, 5) is 4.38. The Morgan fingerprint density at radius 3 is 2.88 bits per heavy atom. The van der Waals surface area contributed by atoms with Crippen molar-refractivity contribution in [1.82, 2.24) is 25.3 Å². The molecule has 3 aromatic rings. The molecule has 1 fully saturated rings. The van der Waals surface area contributed by atoms with Crippen molar-refractivity contribution >= 4 is 34.1 Å². The summed E-state index contributed by atoms with van der Waals surface area (Å²) in [6, 6.07) is 9.44. The Morgan fingerprint density at radius 1 is 1.28 bits per heavy atom. The number of fused-ring (bicyclic) bond motifs is 1. The molecule has 3 heterocycles. The first kappa shape index (κ1) is 15.8. The number of pyridine rings is 1. The SMILES string of the molecule is N#Cc1ccc(Nc2nccc3c2nnn3C2CCNCC2)c(Cl)c1. The summed E-state index contributed by atoms with van der Waals surface area (Å²) < 4.78 is 1.99. The number of nitrogens with one attached hydrogen (secondary N) is 2. The van der Waals surface area contributed by atoms with Crippen LogP contribution in [0.5, 0.6) is 0 Å². The van der Waals surface area contributed by atoms with E-state index in [9.17, 15) is 0 Å². The normalized spacial score (nSPS) is 15.2. The standard InChI is InChI=1S/C17H16ClN7/c18-13-9-11(10-19)1-2-14(13)22-17-16-15(5-8-21-17)25(24-23-16)12-3-6-20-7-4-12/h1-2,5,8-9,12,20H,3-4,6-7H2,(H,21,22). The molecule has 0 radical (unpaired) electrons. The number of benzene rings is 1. The van der Waals surface area contributed by atoms with Crippen LogP contribution in [0.2, 0.25) is 5.02 Å². The van der Waals surface area contributed by atoms with Gasteiger partial charge in [-0.1, -0.05) is 16.8 Å². The molecule has 0 spiro atoms. The lowest BCUT2D eigenvalue weighted by atomic mass is 10.1. The van der Waals surface area contributed by atoms with Crippen LogP contribution in [0.15, 0.2) is 30.5 Å². The van der Waals surface area contributed by atoms with Gasteiger partial charge in [0.15, 0.2) is 11.3 Å². The summed E-state index contributed by atoms with van der Waals surface area (Å²) in [6.07, 6.45) is 3.80. The van der Waals surface area contributed by atoms with Crippen molar-refractivity contribution in [3.05, 3.63) is 41.0 Å². The molecule has 1 aromatic carbocycles. The van der Waals surface area contributed by atoms with Crippen molar-refractivity contribution in [2.24, 2.45) is 0 Å². The molecule has 0 bridgehead atoms.